The summed E-state index contributed by atoms with van der Waals surface area (Å²) < 4.78 is 5.56. The fraction of sp³-hybridized carbons (Fsp3) is 0.720. The van der Waals surface area contributed by atoms with E-state index in [4.69, 9.17) is 4.74 Å². The number of benzene rings is 1. The molecule has 1 atom stereocenters. The number of likely N-dealkylation sites (tertiary alicyclic amines) is 2. The van der Waals surface area contributed by atoms with E-state index in [0.717, 1.165) is 38.4 Å². The van der Waals surface area contributed by atoms with E-state index >= 15 is 0 Å². The summed E-state index contributed by atoms with van der Waals surface area (Å²) >= 11 is 0. The van der Waals surface area contributed by atoms with E-state index in [-0.39, 0.29) is 6.09 Å². The summed E-state index contributed by atoms with van der Waals surface area (Å²) in [6, 6.07) is 11.4. The standard InChI is InChI=1S/C25H39N3O2/c1-24(2,3)30-23(29)28-16-11-22(12-17-28)26(4)25(13-14-25)21-10-15-27(19-21)18-20-8-6-5-7-9-20/h5-9,21-22H,10-19H2,1-4H3/t21-/m1/s1. The molecule has 3 aliphatic rings. The Morgan fingerprint density at radius 3 is 2.37 bits per heavy atom. The lowest BCUT2D eigenvalue weighted by Gasteiger charge is -2.43. The van der Waals surface area contributed by atoms with Crippen molar-refractivity contribution in [2.75, 3.05) is 33.2 Å². The minimum absolute atomic E-state index is 0.155. The molecule has 0 N–H and O–H groups in total. The van der Waals surface area contributed by atoms with Crippen LogP contribution in [0.5, 0.6) is 0 Å². The second-order valence-electron chi connectivity index (χ2n) is 10.6. The molecule has 1 amide bonds. The molecule has 2 heterocycles. The highest BCUT2D eigenvalue weighted by molar-refractivity contribution is 5.68. The first-order valence-electron chi connectivity index (χ1n) is 11.7. The van der Waals surface area contributed by atoms with Crippen LogP contribution in [0.3, 0.4) is 0 Å². The number of nitrogens with zero attached hydrogens (tertiary/aromatic N) is 3. The summed E-state index contributed by atoms with van der Waals surface area (Å²) in [6.07, 6.45) is 5.93. The van der Waals surface area contributed by atoms with E-state index < -0.39 is 5.60 Å². The topological polar surface area (TPSA) is 36.0 Å². The third kappa shape index (κ3) is 4.83. The summed E-state index contributed by atoms with van der Waals surface area (Å²) in [6.45, 7) is 10.9. The van der Waals surface area contributed by atoms with Crippen LogP contribution in [-0.4, -0.2) is 71.2 Å². The Morgan fingerprint density at radius 1 is 1.10 bits per heavy atom. The fourth-order valence-corrected chi connectivity index (χ4v) is 5.56. The van der Waals surface area contributed by atoms with Gasteiger partial charge in [0.05, 0.1) is 0 Å². The largest absolute Gasteiger partial charge is 0.444 e. The van der Waals surface area contributed by atoms with Crippen molar-refractivity contribution in [1.29, 1.82) is 0 Å². The number of rotatable bonds is 5. The zero-order valence-corrected chi connectivity index (χ0v) is 19.3. The Kier molecular flexibility index (Phi) is 6.13. The third-order valence-corrected chi connectivity index (χ3v) is 7.41. The summed E-state index contributed by atoms with van der Waals surface area (Å²) in [5.74, 6) is 0.773. The van der Waals surface area contributed by atoms with Crippen molar-refractivity contribution < 1.29 is 9.53 Å². The molecule has 1 aliphatic carbocycles. The quantitative estimate of drug-likeness (QED) is 0.718. The van der Waals surface area contributed by atoms with Gasteiger partial charge in [0, 0.05) is 37.8 Å². The number of hydrogen-bond donors (Lipinski definition) is 0. The molecule has 2 aliphatic heterocycles. The van der Waals surface area contributed by atoms with Gasteiger partial charge >= 0.3 is 6.09 Å². The van der Waals surface area contributed by atoms with Gasteiger partial charge in [-0.2, -0.15) is 0 Å². The maximum Gasteiger partial charge on any atom is 0.410 e. The summed E-state index contributed by atoms with van der Waals surface area (Å²) in [4.78, 5) is 19.6. The summed E-state index contributed by atoms with van der Waals surface area (Å²) in [7, 11) is 2.35. The van der Waals surface area contributed by atoms with E-state index in [1.807, 2.05) is 25.7 Å². The SMILES string of the molecule is CN(C1CCN(C(=O)OC(C)(C)C)CC1)C1([C@@H]2CCN(Cc3ccccc3)C2)CC1. The molecular weight excluding hydrogens is 374 g/mol. The molecule has 0 radical (unpaired) electrons. The number of hydrogen-bond acceptors (Lipinski definition) is 4. The number of amides is 1. The average Bonchev–Trinajstić information content (AvgIpc) is 3.40. The van der Waals surface area contributed by atoms with Crippen LogP contribution in [0.2, 0.25) is 0 Å². The van der Waals surface area contributed by atoms with Crippen molar-refractivity contribution in [1.82, 2.24) is 14.7 Å². The van der Waals surface area contributed by atoms with Gasteiger partial charge in [-0.25, -0.2) is 4.79 Å². The second kappa shape index (κ2) is 8.51. The molecule has 1 aromatic rings. The Bertz CT molecular complexity index is 718. The van der Waals surface area contributed by atoms with Gasteiger partial charge in [-0.1, -0.05) is 30.3 Å². The van der Waals surface area contributed by atoms with E-state index in [1.54, 1.807) is 0 Å². The van der Waals surface area contributed by atoms with Crippen molar-refractivity contribution in [2.45, 2.75) is 76.6 Å². The van der Waals surface area contributed by atoms with Gasteiger partial charge in [0.25, 0.3) is 0 Å². The molecule has 2 saturated heterocycles. The van der Waals surface area contributed by atoms with Gasteiger partial charge in [0.15, 0.2) is 0 Å². The average molecular weight is 414 g/mol. The highest BCUT2D eigenvalue weighted by atomic mass is 16.6. The monoisotopic (exact) mass is 413 g/mol. The predicted molar refractivity (Wildman–Crippen MR) is 120 cm³/mol. The predicted octanol–water partition coefficient (Wildman–Crippen LogP) is 4.37. The van der Waals surface area contributed by atoms with Crippen LogP contribution in [0.4, 0.5) is 4.79 Å². The smallest absolute Gasteiger partial charge is 0.410 e. The first-order valence-corrected chi connectivity index (χ1v) is 11.7. The van der Waals surface area contributed by atoms with Crippen molar-refractivity contribution in [2.24, 2.45) is 5.92 Å². The lowest BCUT2D eigenvalue weighted by atomic mass is 9.91. The van der Waals surface area contributed by atoms with Crippen LogP contribution in [0.25, 0.3) is 0 Å². The van der Waals surface area contributed by atoms with Crippen molar-refractivity contribution in [3.63, 3.8) is 0 Å². The van der Waals surface area contributed by atoms with E-state index in [0.29, 0.717) is 11.6 Å². The van der Waals surface area contributed by atoms with Gasteiger partial charge < -0.3 is 9.64 Å². The lowest BCUT2D eigenvalue weighted by Crippen LogP contribution is -2.52. The van der Waals surface area contributed by atoms with Crippen molar-refractivity contribution in [3.8, 4) is 0 Å². The molecule has 5 nitrogen and oxygen atoms in total. The molecule has 1 saturated carbocycles. The Balaban J connectivity index is 1.29. The van der Waals surface area contributed by atoms with Crippen LogP contribution in [-0.2, 0) is 11.3 Å². The molecule has 4 rings (SSSR count). The van der Waals surface area contributed by atoms with Crippen LogP contribution in [0.1, 0.15) is 58.4 Å². The Morgan fingerprint density at radius 2 is 1.77 bits per heavy atom. The van der Waals surface area contributed by atoms with Gasteiger partial charge in [0.1, 0.15) is 5.60 Å². The normalized spacial score (nSPS) is 25.0. The molecule has 0 unspecified atom stereocenters. The highest BCUT2D eigenvalue weighted by Crippen LogP contribution is 2.52. The molecule has 5 heteroatoms. The first-order chi connectivity index (χ1) is 14.3. The summed E-state index contributed by atoms with van der Waals surface area (Å²) in [5, 5.41) is 0. The number of piperidine rings is 1. The highest BCUT2D eigenvalue weighted by Gasteiger charge is 2.55. The molecule has 30 heavy (non-hydrogen) atoms. The van der Waals surface area contributed by atoms with E-state index in [9.17, 15) is 4.79 Å². The zero-order valence-electron chi connectivity index (χ0n) is 19.3. The maximum absolute atomic E-state index is 12.4. The molecule has 1 aromatic carbocycles. The van der Waals surface area contributed by atoms with E-state index in [1.165, 1.54) is 37.9 Å². The molecule has 0 bridgehead atoms. The van der Waals surface area contributed by atoms with Crippen molar-refractivity contribution >= 4 is 6.09 Å². The minimum atomic E-state index is -0.420. The third-order valence-electron chi connectivity index (χ3n) is 7.41. The van der Waals surface area contributed by atoms with Crippen molar-refractivity contribution in [3.05, 3.63) is 35.9 Å². The van der Waals surface area contributed by atoms with Crippen LogP contribution >= 0.6 is 0 Å². The first kappa shape index (κ1) is 21.6. The fourth-order valence-electron chi connectivity index (χ4n) is 5.56. The van der Waals surface area contributed by atoms with Gasteiger partial charge in [-0.3, -0.25) is 9.80 Å². The zero-order chi connectivity index (χ0) is 21.4. The van der Waals surface area contributed by atoms with Crippen LogP contribution in [0.15, 0.2) is 30.3 Å². The van der Waals surface area contributed by atoms with Gasteiger partial charge in [0.2, 0.25) is 0 Å². The Hall–Kier alpha value is -1.59. The minimum Gasteiger partial charge on any atom is -0.444 e. The number of carbonyl (C=O) groups excluding carboxylic acids is 1. The lowest BCUT2D eigenvalue weighted by molar-refractivity contribution is 0.00895. The maximum atomic E-state index is 12.4. The van der Waals surface area contributed by atoms with Crippen LogP contribution in [0, 0.1) is 5.92 Å². The van der Waals surface area contributed by atoms with E-state index in [2.05, 4.69) is 47.2 Å². The number of ether oxygens (including phenoxy) is 1. The molecule has 0 spiro atoms. The Labute approximate surface area is 182 Å². The van der Waals surface area contributed by atoms with Gasteiger partial charge in [-0.15, -0.1) is 0 Å². The second-order valence-corrected chi connectivity index (χ2v) is 10.6. The van der Waals surface area contributed by atoms with Gasteiger partial charge in [-0.05, 0) is 77.9 Å². The number of carbonyl (C=O) groups is 1. The summed E-state index contributed by atoms with van der Waals surface area (Å²) in [5.41, 5.74) is 1.40. The van der Waals surface area contributed by atoms with Crippen LogP contribution < -0.4 is 0 Å². The molecule has 166 valence electrons. The molecule has 0 aromatic heterocycles. The molecule has 3 fully saturated rings. The molecular formula is C25H39N3O2.